The van der Waals surface area contributed by atoms with Crippen molar-refractivity contribution in [1.29, 1.82) is 0 Å². The van der Waals surface area contributed by atoms with E-state index in [0.717, 1.165) is 25.2 Å². The average Bonchev–Trinajstić information content (AvgIpc) is 2.98. The predicted octanol–water partition coefficient (Wildman–Crippen LogP) is 2.19. The smallest absolute Gasteiger partial charge is 0.243 e. The van der Waals surface area contributed by atoms with Gasteiger partial charge in [-0.1, -0.05) is 13.8 Å². The van der Waals surface area contributed by atoms with E-state index in [2.05, 4.69) is 0 Å². The Morgan fingerprint density at radius 1 is 1.50 bits per heavy atom. The van der Waals surface area contributed by atoms with Crippen molar-refractivity contribution in [3.63, 3.8) is 0 Å². The highest BCUT2D eigenvalue weighted by Gasteiger charge is 2.70. The number of carbonyl (C=O) groups excluding carboxylic acids is 1. The summed E-state index contributed by atoms with van der Waals surface area (Å²) in [6.07, 6.45) is 3.65. The number of ether oxygens (including phenoxy) is 1. The Labute approximate surface area is 137 Å². The van der Waals surface area contributed by atoms with Gasteiger partial charge in [-0.15, -0.1) is 12.4 Å². The number of amides is 1. The molecule has 2 fully saturated rings. The summed E-state index contributed by atoms with van der Waals surface area (Å²) >= 11 is 0. The van der Waals surface area contributed by atoms with Crippen LogP contribution in [-0.4, -0.2) is 36.1 Å². The molecule has 0 aromatic carbocycles. The van der Waals surface area contributed by atoms with Gasteiger partial charge in [-0.25, -0.2) is 0 Å². The van der Waals surface area contributed by atoms with Crippen LogP contribution in [0.4, 0.5) is 0 Å². The van der Waals surface area contributed by atoms with Gasteiger partial charge in [-0.2, -0.15) is 0 Å². The molecule has 1 aliphatic heterocycles. The third-order valence-electron chi connectivity index (χ3n) is 5.36. The number of hydrogen-bond acceptors (Lipinski definition) is 4. The lowest BCUT2D eigenvalue weighted by Crippen LogP contribution is -2.82. The SMILES string of the molecule is CN(Cc1ccco1)C(=O)C1(N)C2CCCOC2C1(C)C.Cl. The standard InChI is InChI=1S/C16H24N2O3.ClH/c1-15(2)13-12(7-5-9-21-13)16(15,17)14(19)18(3)10-11-6-4-8-20-11;/h4,6,8,12-13H,5,7,9-10,17H2,1-3H3;1H. The molecule has 1 saturated carbocycles. The highest BCUT2D eigenvalue weighted by atomic mass is 35.5. The van der Waals surface area contributed by atoms with Crippen LogP contribution in [0, 0.1) is 11.3 Å². The molecule has 0 bridgehead atoms. The van der Waals surface area contributed by atoms with E-state index < -0.39 is 5.54 Å². The van der Waals surface area contributed by atoms with Gasteiger partial charge < -0.3 is 19.8 Å². The number of carbonyl (C=O) groups is 1. The second-order valence-corrected chi connectivity index (χ2v) is 6.87. The lowest BCUT2D eigenvalue weighted by Gasteiger charge is -2.65. The van der Waals surface area contributed by atoms with Gasteiger partial charge in [0.15, 0.2) is 0 Å². The number of hydrogen-bond donors (Lipinski definition) is 1. The van der Waals surface area contributed by atoms with Crippen molar-refractivity contribution in [1.82, 2.24) is 4.90 Å². The first kappa shape index (κ1) is 17.3. The fourth-order valence-electron chi connectivity index (χ4n) is 4.03. The molecule has 2 heterocycles. The van der Waals surface area contributed by atoms with Gasteiger partial charge in [0.2, 0.25) is 5.91 Å². The molecule has 1 aliphatic carbocycles. The van der Waals surface area contributed by atoms with Gasteiger partial charge in [0.25, 0.3) is 0 Å². The van der Waals surface area contributed by atoms with Crippen LogP contribution in [0.2, 0.25) is 0 Å². The number of halogens is 1. The van der Waals surface area contributed by atoms with Crippen LogP contribution in [0.15, 0.2) is 22.8 Å². The maximum atomic E-state index is 12.9. The summed E-state index contributed by atoms with van der Waals surface area (Å²) in [6, 6.07) is 3.69. The Hall–Kier alpha value is -1.04. The molecule has 22 heavy (non-hydrogen) atoms. The van der Waals surface area contributed by atoms with Crippen LogP contribution in [0.5, 0.6) is 0 Å². The number of furan rings is 1. The molecule has 1 aromatic heterocycles. The highest BCUT2D eigenvalue weighted by Crippen LogP contribution is 2.57. The monoisotopic (exact) mass is 328 g/mol. The van der Waals surface area contributed by atoms with Crippen LogP contribution >= 0.6 is 12.4 Å². The van der Waals surface area contributed by atoms with Gasteiger partial charge >= 0.3 is 0 Å². The molecule has 124 valence electrons. The summed E-state index contributed by atoms with van der Waals surface area (Å²) in [5.74, 6) is 0.867. The normalized spacial score (nSPS) is 32.4. The van der Waals surface area contributed by atoms with E-state index in [1.807, 2.05) is 26.0 Å². The van der Waals surface area contributed by atoms with Crippen molar-refractivity contribution >= 4 is 18.3 Å². The lowest BCUT2D eigenvalue weighted by molar-refractivity contribution is -0.229. The molecule has 6 heteroatoms. The summed E-state index contributed by atoms with van der Waals surface area (Å²) in [5.41, 5.74) is 5.42. The fourth-order valence-corrected chi connectivity index (χ4v) is 4.03. The zero-order chi connectivity index (χ0) is 15.3. The fraction of sp³-hybridized carbons (Fsp3) is 0.688. The van der Waals surface area contributed by atoms with Crippen LogP contribution in [-0.2, 0) is 16.1 Å². The zero-order valence-electron chi connectivity index (χ0n) is 13.4. The van der Waals surface area contributed by atoms with Crippen LogP contribution in [0.25, 0.3) is 0 Å². The molecule has 3 atom stereocenters. The minimum atomic E-state index is -0.848. The van der Waals surface area contributed by atoms with E-state index in [9.17, 15) is 4.79 Å². The molecular weight excluding hydrogens is 304 g/mol. The molecule has 0 radical (unpaired) electrons. The second kappa shape index (κ2) is 5.87. The van der Waals surface area contributed by atoms with Gasteiger partial charge in [0.1, 0.15) is 11.3 Å². The zero-order valence-corrected chi connectivity index (χ0v) is 14.2. The molecule has 3 rings (SSSR count). The van der Waals surface area contributed by atoms with Gasteiger partial charge in [-0.05, 0) is 25.0 Å². The molecule has 1 saturated heterocycles. The molecule has 1 amide bonds. The Morgan fingerprint density at radius 3 is 2.86 bits per heavy atom. The van der Waals surface area contributed by atoms with Crippen molar-refractivity contribution in [2.24, 2.45) is 17.1 Å². The van der Waals surface area contributed by atoms with E-state index in [-0.39, 0.29) is 35.8 Å². The van der Waals surface area contributed by atoms with Crippen LogP contribution in [0.3, 0.4) is 0 Å². The Morgan fingerprint density at radius 2 is 2.23 bits per heavy atom. The van der Waals surface area contributed by atoms with E-state index >= 15 is 0 Å². The van der Waals surface area contributed by atoms with E-state index in [0.29, 0.717) is 6.54 Å². The largest absolute Gasteiger partial charge is 0.467 e. The molecular formula is C16H25ClN2O3. The maximum absolute atomic E-state index is 12.9. The van der Waals surface area contributed by atoms with Gasteiger partial charge in [-0.3, -0.25) is 4.79 Å². The van der Waals surface area contributed by atoms with Crippen molar-refractivity contribution in [3.8, 4) is 0 Å². The van der Waals surface area contributed by atoms with Crippen molar-refractivity contribution in [2.45, 2.75) is 44.9 Å². The number of nitrogens with zero attached hydrogens (tertiary/aromatic N) is 1. The van der Waals surface area contributed by atoms with Gasteiger partial charge in [0, 0.05) is 25.0 Å². The summed E-state index contributed by atoms with van der Waals surface area (Å²) < 4.78 is 11.2. The molecule has 0 spiro atoms. The van der Waals surface area contributed by atoms with Crippen molar-refractivity contribution < 1.29 is 13.9 Å². The minimum Gasteiger partial charge on any atom is -0.467 e. The van der Waals surface area contributed by atoms with Crippen molar-refractivity contribution in [3.05, 3.63) is 24.2 Å². The second-order valence-electron chi connectivity index (χ2n) is 6.87. The third-order valence-corrected chi connectivity index (χ3v) is 5.36. The highest BCUT2D eigenvalue weighted by molar-refractivity contribution is 5.89. The lowest BCUT2D eigenvalue weighted by atomic mass is 9.46. The quantitative estimate of drug-likeness (QED) is 0.923. The summed E-state index contributed by atoms with van der Waals surface area (Å²) in [5, 5.41) is 0. The average molecular weight is 329 g/mol. The van der Waals surface area contributed by atoms with E-state index in [1.54, 1.807) is 18.2 Å². The summed E-state index contributed by atoms with van der Waals surface area (Å²) in [7, 11) is 1.78. The number of fused-ring (bicyclic) bond motifs is 1. The van der Waals surface area contributed by atoms with E-state index in [1.165, 1.54) is 0 Å². The number of nitrogens with two attached hydrogens (primary N) is 1. The molecule has 2 N–H and O–H groups in total. The Balaban J connectivity index is 0.00000176. The number of likely N-dealkylation sites (N-methyl/N-ethyl adjacent to an activating group) is 1. The first-order chi connectivity index (χ1) is 9.89. The summed E-state index contributed by atoms with van der Waals surface area (Å²) in [4.78, 5) is 14.6. The predicted molar refractivity (Wildman–Crippen MR) is 85.6 cm³/mol. The molecule has 2 aliphatic rings. The van der Waals surface area contributed by atoms with Gasteiger partial charge in [0.05, 0.1) is 18.9 Å². The van der Waals surface area contributed by atoms with E-state index in [4.69, 9.17) is 14.9 Å². The topological polar surface area (TPSA) is 68.7 Å². The molecule has 5 nitrogen and oxygen atoms in total. The van der Waals surface area contributed by atoms with Crippen LogP contribution < -0.4 is 5.73 Å². The first-order valence-electron chi connectivity index (χ1n) is 7.57. The Kier molecular flexibility index (Phi) is 4.62. The van der Waals surface area contributed by atoms with Crippen LogP contribution in [0.1, 0.15) is 32.4 Å². The maximum Gasteiger partial charge on any atom is 0.243 e. The first-order valence-corrected chi connectivity index (χ1v) is 7.57. The summed E-state index contributed by atoms with van der Waals surface area (Å²) in [6.45, 7) is 5.30. The number of rotatable bonds is 3. The van der Waals surface area contributed by atoms with Crippen molar-refractivity contribution in [2.75, 3.05) is 13.7 Å². The Bertz CT molecular complexity index is 532. The minimum absolute atomic E-state index is 0. The molecule has 3 unspecified atom stereocenters. The molecule has 1 aromatic rings. The third kappa shape index (κ3) is 2.27.